The molecule has 2 aromatic carbocycles. The summed E-state index contributed by atoms with van der Waals surface area (Å²) < 4.78 is 14.0. The third-order valence-corrected chi connectivity index (χ3v) is 7.29. The molecule has 2 saturated heterocycles. The fraction of sp³-hybridized carbons (Fsp3) is 0.296. The fourth-order valence-electron chi connectivity index (χ4n) is 4.17. The Bertz CT molecular complexity index is 1250. The van der Waals surface area contributed by atoms with Gasteiger partial charge in [0.1, 0.15) is 15.8 Å². The molecular weight excluding hydrogens is 478 g/mol. The van der Waals surface area contributed by atoms with Gasteiger partial charge in [0.15, 0.2) is 0 Å². The van der Waals surface area contributed by atoms with Gasteiger partial charge in [-0.3, -0.25) is 9.69 Å². The molecule has 6 nitrogen and oxygen atoms in total. The molecule has 35 heavy (non-hydrogen) atoms. The molecule has 0 saturated carbocycles. The Morgan fingerprint density at radius 1 is 1.23 bits per heavy atom. The summed E-state index contributed by atoms with van der Waals surface area (Å²) in [7, 11) is 0. The zero-order chi connectivity index (χ0) is 24.2. The first-order chi connectivity index (χ1) is 17.1. The predicted octanol–water partition coefficient (Wildman–Crippen LogP) is 5.71. The lowest BCUT2D eigenvalue weighted by atomic mass is 10.1. The number of ether oxygens (including phenoxy) is 2. The lowest BCUT2D eigenvalue weighted by Gasteiger charge is -2.18. The number of amides is 1. The zero-order valence-corrected chi connectivity index (χ0v) is 21.2. The van der Waals surface area contributed by atoms with E-state index in [1.54, 1.807) is 4.90 Å². The molecule has 2 aliphatic rings. The first-order valence-corrected chi connectivity index (χ1v) is 13.1. The Kier molecular flexibility index (Phi) is 7.32. The van der Waals surface area contributed by atoms with E-state index in [-0.39, 0.29) is 12.0 Å². The summed E-state index contributed by atoms with van der Waals surface area (Å²) in [5.41, 5.74) is 3.49. The third kappa shape index (κ3) is 5.34. The van der Waals surface area contributed by atoms with Gasteiger partial charge >= 0.3 is 0 Å². The molecule has 5 rings (SSSR count). The van der Waals surface area contributed by atoms with Crippen molar-refractivity contribution < 1.29 is 14.3 Å². The Morgan fingerprint density at radius 2 is 2.09 bits per heavy atom. The second-order valence-electron chi connectivity index (χ2n) is 8.52. The number of aromatic nitrogens is 2. The molecule has 3 aromatic rings. The molecule has 1 amide bonds. The molecule has 0 N–H and O–H groups in total. The molecule has 2 fully saturated rings. The van der Waals surface area contributed by atoms with Crippen LogP contribution in [0.25, 0.3) is 23.0 Å². The minimum Gasteiger partial charge on any atom is -0.494 e. The first kappa shape index (κ1) is 23.8. The van der Waals surface area contributed by atoms with Crippen molar-refractivity contribution in [2.75, 3.05) is 19.8 Å². The van der Waals surface area contributed by atoms with Crippen LogP contribution in [0.3, 0.4) is 0 Å². The number of hydrogen-bond acceptors (Lipinski definition) is 6. The number of carbonyl (C=O) groups excluding carboxylic acids is 1. The molecule has 0 bridgehead atoms. The second-order valence-corrected chi connectivity index (χ2v) is 10.2. The molecule has 2 aliphatic heterocycles. The molecule has 3 heterocycles. The van der Waals surface area contributed by atoms with E-state index in [2.05, 4.69) is 6.92 Å². The van der Waals surface area contributed by atoms with Crippen LogP contribution in [0.15, 0.2) is 65.7 Å². The summed E-state index contributed by atoms with van der Waals surface area (Å²) in [5.74, 6) is 0.724. The van der Waals surface area contributed by atoms with Crippen LogP contribution in [0.2, 0.25) is 0 Å². The average molecular weight is 506 g/mol. The molecular formula is C27H27N3O3S2. The maximum atomic E-state index is 13.3. The summed E-state index contributed by atoms with van der Waals surface area (Å²) >= 11 is 6.88. The Labute approximate surface area is 214 Å². The molecule has 0 spiro atoms. The van der Waals surface area contributed by atoms with Crippen LogP contribution in [0.5, 0.6) is 5.75 Å². The molecule has 180 valence electrons. The molecule has 1 atom stereocenters. The van der Waals surface area contributed by atoms with E-state index in [9.17, 15) is 4.79 Å². The average Bonchev–Trinajstić information content (AvgIpc) is 3.61. The number of thioether (sulfide) groups is 1. The zero-order valence-electron chi connectivity index (χ0n) is 19.6. The van der Waals surface area contributed by atoms with Crippen LogP contribution in [-0.4, -0.2) is 50.8 Å². The number of nitrogens with zero attached hydrogens (tertiary/aromatic N) is 3. The van der Waals surface area contributed by atoms with Gasteiger partial charge in [-0.25, -0.2) is 4.68 Å². The van der Waals surface area contributed by atoms with Crippen molar-refractivity contribution in [1.29, 1.82) is 0 Å². The standard InChI is InChI=1S/C27H27N3O3S2/c1-2-13-32-22-11-6-8-19(15-22)25-20(17-30(28-25)21-9-4-3-5-10-21)16-24-26(31)29(27(34)35-24)18-23-12-7-14-33-23/h3-6,8-11,15-17,23H,2,7,12-14,18H2,1H3/b24-16-/t23-/m1/s1. The van der Waals surface area contributed by atoms with Crippen LogP contribution in [0.4, 0.5) is 0 Å². The lowest BCUT2D eigenvalue weighted by Crippen LogP contribution is -2.35. The highest BCUT2D eigenvalue weighted by atomic mass is 32.2. The molecule has 8 heteroatoms. The Morgan fingerprint density at radius 3 is 2.86 bits per heavy atom. The summed E-state index contributed by atoms with van der Waals surface area (Å²) in [6.07, 6.45) is 6.83. The monoisotopic (exact) mass is 505 g/mol. The predicted molar refractivity (Wildman–Crippen MR) is 144 cm³/mol. The van der Waals surface area contributed by atoms with E-state index in [4.69, 9.17) is 26.8 Å². The van der Waals surface area contributed by atoms with E-state index < -0.39 is 0 Å². The van der Waals surface area contributed by atoms with E-state index in [0.29, 0.717) is 22.4 Å². The van der Waals surface area contributed by atoms with Crippen LogP contribution in [0.1, 0.15) is 31.7 Å². The second kappa shape index (κ2) is 10.8. The highest BCUT2D eigenvalue weighted by Crippen LogP contribution is 2.36. The van der Waals surface area contributed by atoms with Gasteiger partial charge in [-0.15, -0.1) is 0 Å². The van der Waals surface area contributed by atoms with E-state index >= 15 is 0 Å². The van der Waals surface area contributed by atoms with Crippen molar-refractivity contribution in [3.63, 3.8) is 0 Å². The fourth-order valence-corrected chi connectivity index (χ4v) is 5.44. The van der Waals surface area contributed by atoms with Crippen molar-refractivity contribution >= 4 is 40.3 Å². The normalized spacial score (nSPS) is 19.2. The van der Waals surface area contributed by atoms with Gasteiger partial charge in [-0.05, 0) is 49.6 Å². The Hall–Kier alpha value is -2.94. The molecule has 0 unspecified atom stereocenters. The van der Waals surface area contributed by atoms with Crippen LogP contribution >= 0.6 is 24.0 Å². The summed E-state index contributed by atoms with van der Waals surface area (Å²) in [5, 5.41) is 4.89. The van der Waals surface area contributed by atoms with Crippen LogP contribution in [0, 0.1) is 0 Å². The van der Waals surface area contributed by atoms with Crippen LogP contribution in [-0.2, 0) is 9.53 Å². The van der Waals surface area contributed by atoms with Gasteiger partial charge in [-0.1, -0.05) is 61.2 Å². The topological polar surface area (TPSA) is 56.6 Å². The van der Waals surface area contributed by atoms with Crippen molar-refractivity contribution in [2.45, 2.75) is 32.3 Å². The largest absolute Gasteiger partial charge is 0.494 e. The van der Waals surface area contributed by atoms with Gasteiger partial charge in [0, 0.05) is 23.9 Å². The smallest absolute Gasteiger partial charge is 0.266 e. The lowest BCUT2D eigenvalue weighted by molar-refractivity contribution is -0.123. The van der Waals surface area contributed by atoms with Crippen molar-refractivity contribution in [2.24, 2.45) is 0 Å². The van der Waals surface area contributed by atoms with Crippen molar-refractivity contribution in [3.05, 3.63) is 71.3 Å². The number of thiocarbonyl (C=S) groups is 1. The maximum Gasteiger partial charge on any atom is 0.266 e. The Balaban J connectivity index is 1.50. The van der Waals surface area contributed by atoms with E-state index in [0.717, 1.165) is 54.1 Å². The molecule has 0 aliphatic carbocycles. The highest BCUT2D eigenvalue weighted by molar-refractivity contribution is 8.26. The maximum absolute atomic E-state index is 13.3. The minimum atomic E-state index is -0.0751. The van der Waals surface area contributed by atoms with Crippen LogP contribution < -0.4 is 4.74 Å². The SMILES string of the molecule is CCCOc1cccc(-c2nn(-c3ccccc3)cc2/C=C2\SC(=S)N(C[C@H]3CCCO3)C2=O)c1. The van der Waals surface area contributed by atoms with Crippen molar-refractivity contribution in [3.8, 4) is 22.7 Å². The summed E-state index contributed by atoms with van der Waals surface area (Å²) in [6, 6.07) is 17.9. The van der Waals surface area contributed by atoms with Gasteiger partial charge < -0.3 is 9.47 Å². The number of benzene rings is 2. The highest BCUT2D eigenvalue weighted by Gasteiger charge is 2.35. The van der Waals surface area contributed by atoms with Crippen molar-refractivity contribution in [1.82, 2.24) is 14.7 Å². The van der Waals surface area contributed by atoms with Gasteiger partial charge in [-0.2, -0.15) is 5.10 Å². The van der Waals surface area contributed by atoms with E-state index in [1.165, 1.54) is 11.8 Å². The van der Waals surface area contributed by atoms with Gasteiger partial charge in [0.25, 0.3) is 5.91 Å². The summed E-state index contributed by atoms with van der Waals surface area (Å²) in [6.45, 7) is 3.99. The minimum absolute atomic E-state index is 0.0547. The number of hydrogen-bond donors (Lipinski definition) is 0. The van der Waals surface area contributed by atoms with Gasteiger partial charge in [0.2, 0.25) is 0 Å². The third-order valence-electron chi connectivity index (χ3n) is 5.91. The number of rotatable bonds is 8. The molecule has 1 aromatic heterocycles. The number of para-hydroxylation sites is 1. The summed E-state index contributed by atoms with van der Waals surface area (Å²) in [4.78, 5) is 15.5. The van der Waals surface area contributed by atoms with Gasteiger partial charge in [0.05, 0.1) is 29.8 Å². The number of carbonyl (C=O) groups is 1. The quantitative estimate of drug-likeness (QED) is 0.289. The molecule has 0 radical (unpaired) electrons. The first-order valence-electron chi connectivity index (χ1n) is 11.9. The van der Waals surface area contributed by atoms with E-state index in [1.807, 2.05) is 71.6 Å².